The lowest BCUT2D eigenvalue weighted by Gasteiger charge is -2.42. The Balaban J connectivity index is 1.79. The smallest absolute Gasteiger partial charge is 0.261 e. The van der Waals surface area contributed by atoms with Crippen LogP contribution < -0.4 is 10.4 Å². The fourth-order valence-electron chi connectivity index (χ4n) is 4.38. The lowest BCUT2D eigenvalue weighted by molar-refractivity contribution is 0.279. The molecule has 0 aliphatic carbocycles. The van der Waals surface area contributed by atoms with E-state index in [1.807, 2.05) is 0 Å². The Hall–Kier alpha value is -1.69. The zero-order valence-corrected chi connectivity index (χ0v) is 19.4. The Morgan fingerprint density at radius 1 is 1.00 bits per heavy atom. The summed E-state index contributed by atoms with van der Waals surface area (Å²) in [5.74, 6) is 0. The van der Waals surface area contributed by atoms with Crippen LogP contribution in [0.5, 0.6) is 0 Å². The third kappa shape index (κ3) is 3.29. The van der Waals surface area contributed by atoms with E-state index in [2.05, 4.69) is 102 Å². The van der Waals surface area contributed by atoms with Crippen LogP contribution in [0.15, 0.2) is 65.1 Å². The van der Waals surface area contributed by atoms with Gasteiger partial charge in [0.15, 0.2) is 0 Å². The number of rotatable bonds is 5. The molecule has 0 bridgehead atoms. The van der Waals surface area contributed by atoms with E-state index in [1.54, 1.807) is 0 Å². The van der Waals surface area contributed by atoms with Crippen molar-refractivity contribution < 1.29 is 4.43 Å². The van der Waals surface area contributed by atoms with E-state index in [0.717, 1.165) is 23.1 Å². The molecule has 0 saturated carbocycles. The van der Waals surface area contributed by atoms with E-state index in [9.17, 15) is 0 Å². The second-order valence-electron chi connectivity index (χ2n) is 8.49. The first-order valence-corrected chi connectivity index (χ1v) is 12.6. The molecule has 0 unspecified atom stereocenters. The van der Waals surface area contributed by atoms with Crippen molar-refractivity contribution in [2.75, 3.05) is 0 Å². The van der Waals surface area contributed by atoms with Crippen LogP contribution in [0.3, 0.4) is 0 Å². The van der Waals surface area contributed by atoms with Crippen LogP contribution in [-0.2, 0) is 24.0 Å². The molecule has 1 aliphatic heterocycles. The van der Waals surface area contributed by atoms with Crippen LogP contribution in [0, 0.1) is 0 Å². The first-order valence-electron chi connectivity index (χ1n) is 9.92. The summed E-state index contributed by atoms with van der Waals surface area (Å²) in [5.41, 5.74) is 2.32. The zero-order chi connectivity index (χ0) is 19.8. The number of benzene rings is 2. The van der Waals surface area contributed by atoms with Gasteiger partial charge in [-0.05, 0) is 44.2 Å². The molecule has 0 atom stereocenters. The van der Waals surface area contributed by atoms with E-state index in [0.29, 0.717) is 6.61 Å². The summed E-state index contributed by atoms with van der Waals surface area (Å²) in [6.07, 6.45) is 2.27. The van der Waals surface area contributed by atoms with Gasteiger partial charge in [0, 0.05) is 6.54 Å². The Labute approximate surface area is 177 Å². The Bertz CT molecular complexity index is 908. The maximum Gasteiger partial charge on any atom is 0.261 e. The van der Waals surface area contributed by atoms with Gasteiger partial charge in [-0.25, -0.2) is 0 Å². The monoisotopic (exact) mass is 454 g/mol. The molecule has 0 radical (unpaired) electrons. The number of hydrogen-bond acceptors (Lipinski definition) is 2. The number of hydrogen-bond donors (Lipinski definition) is 0. The number of aryl methyl sites for hydroxylation is 1. The van der Waals surface area contributed by atoms with Gasteiger partial charge in [-0.3, -0.25) is 4.68 Å². The number of aromatic nitrogens is 2. The van der Waals surface area contributed by atoms with E-state index in [-0.39, 0.29) is 5.04 Å². The zero-order valence-electron chi connectivity index (χ0n) is 16.8. The Morgan fingerprint density at radius 2 is 1.57 bits per heavy atom. The highest BCUT2D eigenvalue weighted by Gasteiger charge is 2.50. The molecule has 4 rings (SSSR count). The normalized spacial score (nSPS) is 14.3. The second kappa shape index (κ2) is 7.62. The maximum absolute atomic E-state index is 7.00. The van der Waals surface area contributed by atoms with Crippen molar-refractivity contribution in [2.45, 2.75) is 51.8 Å². The number of halogens is 1. The number of nitrogens with zero attached hydrogens (tertiary/aromatic N) is 2. The van der Waals surface area contributed by atoms with Crippen molar-refractivity contribution in [2.24, 2.45) is 0 Å². The van der Waals surface area contributed by atoms with Gasteiger partial charge in [0.05, 0.1) is 16.8 Å². The minimum Gasteiger partial charge on any atom is -0.401 e. The largest absolute Gasteiger partial charge is 0.401 e. The van der Waals surface area contributed by atoms with Crippen molar-refractivity contribution in [1.29, 1.82) is 0 Å². The van der Waals surface area contributed by atoms with Crippen molar-refractivity contribution >= 4 is 34.6 Å². The highest BCUT2D eigenvalue weighted by atomic mass is 79.9. The molecule has 3 nitrogen and oxygen atoms in total. The summed E-state index contributed by atoms with van der Waals surface area (Å²) in [6.45, 7) is 8.45. The molecule has 1 aromatic heterocycles. The molecule has 5 heteroatoms. The highest BCUT2D eigenvalue weighted by Crippen LogP contribution is 2.38. The number of fused-ring (bicyclic) bond motifs is 1. The molecule has 146 valence electrons. The van der Waals surface area contributed by atoms with Crippen LogP contribution in [0.2, 0.25) is 5.04 Å². The topological polar surface area (TPSA) is 27.1 Å². The SMILES string of the molecule is CC(C)(C)[Si](OCc1nn2c(c1Br)CCC2)(c1ccccc1)c1ccccc1. The average Bonchev–Trinajstić information content (AvgIpc) is 3.26. The van der Waals surface area contributed by atoms with E-state index in [4.69, 9.17) is 9.52 Å². The molecule has 1 aliphatic rings. The predicted molar refractivity (Wildman–Crippen MR) is 121 cm³/mol. The summed E-state index contributed by atoms with van der Waals surface area (Å²) in [7, 11) is -2.53. The average molecular weight is 455 g/mol. The molecular weight excluding hydrogens is 428 g/mol. The minimum absolute atomic E-state index is 0.0232. The van der Waals surface area contributed by atoms with Gasteiger partial charge >= 0.3 is 0 Å². The predicted octanol–water partition coefficient (Wildman–Crippen LogP) is 4.67. The van der Waals surface area contributed by atoms with Crippen LogP contribution in [0.4, 0.5) is 0 Å². The molecule has 2 aromatic carbocycles. The third-order valence-corrected chi connectivity index (χ3v) is 11.6. The van der Waals surface area contributed by atoms with Crippen molar-refractivity contribution in [3.8, 4) is 0 Å². The van der Waals surface area contributed by atoms with Crippen LogP contribution in [0.25, 0.3) is 0 Å². The lowest BCUT2D eigenvalue weighted by Crippen LogP contribution is -2.66. The minimum atomic E-state index is -2.53. The van der Waals surface area contributed by atoms with Gasteiger partial charge in [0.2, 0.25) is 0 Å². The lowest BCUT2D eigenvalue weighted by atomic mass is 10.2. The van der Waals surface area contributed by atoms with Gasteiger partial charge in [0.1, 0.15) is 5.69 Å². The summed E-state index contributed by atoms with van der Waals surface area (Å²) in [5, 5.41) is 7.41. The molecular formula is C23H27BrN2OSi. The second-order valence-corrected chi connectivity index (χ2v) is 13.6. The van der Waals surface area contributed by atoms with Crippen molar-refractivity contribution in [3.05, 3.63) is 76.5 Å². The fraction of sp³-hybridized carbons (Fsp3) is 0.348. The summed E-state index contributed by atoms with van der Waals surface area (Å²) in [4.78, 5) is 0. The summed E-state index contributed by atoms with van der Waals surface area (Å²) >= 11 is 3.79. The molecule has 0 amide bonds. The summed E-state index contributed by atoms with van der Waals surface area (Å²) in [6, 6.07) is 21.6. The molecule has 0 saturated heterocycles. The fourth-order valence-corrected chi connectivity index (χ4v) is 9.49. The van der Waals surface area contributed by atoms with Crippen molar-refractivity contribution in [3.63, 3.8) is 0 Å². The first kappa shape index (κ1) is 19.6. The molecule has 0 spiro atoms. The molecule has 0 fully saturated rings. The third-order valence-electron chi connectivity index (χ3n) is 5.69. The molecule has 3 aromatic rings. The van der Waals surface area contributed by atoms with Crippen LogP contribution >= 0.6 is 15.9 Å². The Kier molecular flexibility index (Phi) is 5.34. The van der Waals surface area contributed by atoms with Gasteiger partial charge in [0.25, 0.3) is 8.32 Å². The van der Waals surface area contributed by atoms with E-state index in [1.165, 1.54) is 22.5 Å². The van der Waals surface area contributed by atoms with E-state index >= 15 is 0 Å². The van der Waals surface area contributed by atoms with Crippen LogP contribution in [0.1, 0.15) is 38.6 Å². The highest BCUT2D eigenvalue weighted by molar-refractivity contribution is 9.10. The molecule has 0 N–H and O–H groups in total. The Morgan fingerprint density at radius 3 is 2.07 bits per heavy atom. The molecule has 2 heterocycles. The van der Waals surface area contributed by atoms with Gasteiger partial charge < -0.3 is 4.43 Å². The summed E-state index contributed by atoms with van der Waals surface area (Å²) < 4.78 is 10.3. The van der Waals surface area contributed by atoms with E-state index < -0.39 is 8.32 Å². The quantitative estimate of drug-likeness (QED) is 0.523. The van der Waals surface area contributed by atoms with Crippen molar-refractivity contribution in [1.82, 2.24) is 9.78 Å². The first-order chi connectivity index (χ1) is 13.4. The molecule has 28 heavy (non-hydrogen) atoms. The standard InChI is InChI=1S/C23H27BrN2OSi/c1-23(2,3)28(18-11-6-4-7-12-18,19-13-8-5-9-14-19)27-17-20-22(24)21-15-10-16-26(21)25-20/h4-9,11-14H,10,15-17H2,1-3H3. The van der Waals surface area contributed by atoms with Gasteiger partial charge in [-0.2, -0.15) is 5.10 Å². The maximum atomic E-state index is 7.00. The van der Waals surface area contributed by atoms with Gasteiger partial charge in [-0.1, -0.05) is 81.4 Å². The van der Waals surface area contributed by atoms with Gasteiger partial charge in [-0.15, -0.1) is 0 Å². The van der Waals surface area contributed by atoms with Crippen LogP contribution in [-0.4, -0.2) is 18.1 Å².